The number of nitrogens with one attached hydrogen (secondary N) is 2. The molecule has 0 aliphatic rings. The number of fused-ring (bicyclic) bond motifs is 2. The summed E-state index contributed by atoms with van der Waals surface area (Å²) in [6.07, 6.45) is 0.911. The van der Waals surface area contributed by atoms with Gasteiger partial charge in [0.2, 0.25) is 11.9 Å². The summed E-state index contributed by atoms with van der Waals surface area (Å²) >= 11 is 0. The average molecular weight is 445 g/mol. The molecule has 0 aliphatic carbocycles. The van der Waals surface area contributed by atoms with Gasteiger partial charge in [-0.05, 0) is 44.5 Å². The van der Waals surface area contributed by atoms with Crippen LogP contribution in [0, 0.1) is 0 Å². The van der Waals surface area contributed by atoms with Crippen LogP contribution in [0.15, 0.2) is 48.5 Å². The lowest BCUT2D eigenvalue weighted by Crippen LogP contribution is -2.24. The molecule has 0 amide bonds. The van der Waals surface area contributed by atoms with Crippen LogP contribution in [0.5, 0.6) is 0 Å². The quantitative estimate of drug-likeness (QED) is 0.348. The van der Waals surface area contributed by atoms with Crippen LogP contribution < -0.4 is 20.4 Å². The van der Waals surface area contributed by atoms with Gasteiger partial charge in [-0.1, -0.05) is 24.3 Å². The van der Waals surface area contributed by atoms with Crippen LogP contribution in [0.1, 0.15) is 20.3 Å². The molecule has 8 nitrogen and oxygen atoms in total. The van der Waals surface area contributed by atoms with Crippen molar-refractivity contribution in [3.05, 3.63) is 48.5 Å². The minimum atomic E-state index is 0.700. The van der Waals surface area contributed by atoms with E-state index >= 15 is 0 Å². The molecule has 0 atom stereocenters. The van der Waals surface area contributed by atoms with Gasteiger partial charge in [-0.2, -0.15) is 9.97 Å². The van der Waals surface area contributed by atoms with Crippen molar-refractivity contribution in [2.45, 2.75) is 20.3 Å². The number of para-hydroxylation sites is 2. The summed E-state index contributed by atoms with van der Waals surface area (Å²) in [4.78, 5) is 23.0. The molecule has 0 bridgehead atoms. The zero-order valence-electron chi connectivity index (χ0n) is 19.8. The van der Waals surface area contributed by atoms with E-state index < -0.39 is 0 Å². The SMILES string of the molecule is CCN(CC)c1nc(NCCCNc2nc(N(C)C)nc3ccccc23)c2ccccc2n1. The van der Waals surface area contributed by atoms with Gasteiger partial charge in [0.15, 0.2) is 0 Å². The van der Waals surface area contributed by atoms with Crippen molar-refractivity contribution >= 4 is 45.3 Å². The first kappa shape index (κ1) is 22.5. The first-order valence-electron chi connectivity index (χ1n) is 11.5. The molecular formula is C25H32N8. The van der Waals surface area contributed by atoms with Crippen molar-refractivity contribution in [3.8, 4) is 0 Å². The maximum atomic E-state index is 4.83. The van der Waals surface area contributed by atoms with E-state index in [1.807, 2.05) is 55.4 Å². The number of benzene rings is 2. The van der Waals surface area contributed by atoms with Crippen LogP contribution >= 0.6 is 0 Å². The van der Waals surface area contributed by atoms with Crippen LogP contribution in [0.2, 0.25) is 0 Å². The third-order valence-corrected chi connectivity index (χ3v) is 5.57. The van der Waals surface area contributed by atoms with Gasteiger partial charge in [0.1, 0.15) is 11.6 Å². The Hall–Kier alpha value is -3.68. The number of anilines is 4. The van der Waals surface area contributed by atoms with Crippen molar-refractivity contribution in [2.24, 2.45) is 0 Å². The summed E-state index contributed by atoms with van der Waals surface area (Å²) < 4.78 is 0. The molecule has 4 aromatic rings. The predicted octanol–water partition coefficient (Wildman–Crippen LogP) is 4.40. The van der Waals surface area contributed by atoms with Gasteiger partial charge >= 0.3 is 0 Å². The summed E-state index contributed by atoms with van der Waals surface area (Å²) in [5.41, 5.74) is 1.90. The largest absolute Gasteiger partial charge is 0.369 e. The number of nitrogens with zero attached hydrogens (tertiary/aromatic N) is 6. The first-order valence-corrected chi connectivity index (χ1v) is 11.5. The highest BCUT2D eigenvalue weighted by Crippen LogP contribution is 2.24. The molecule has 2 N–H and O–H groups in total. The molecular weight excluding hydrogens is 412 g/mol. The third kappa shape index (κ3) is 5.05. The predicted molar refractivity (Wildman–Crippen MR) is 139 cm³/mol. The number of hydrogen-bond acceptors (Lipinski definition) is 8. The molecule has 0 saturated carbocycles. The zero-order valence-corrected chi connectivity index (χ0v) is 19.8. The lowest BCUT2D eigenvalue weighted by Gasteiger charge is -2.20. The summed E-state index contributed by atoms with van der Waals surface area (Å²) in [5.74, 6) is 3.21. The van der Waals surface area contributed by atoms with Crippen molar-refractivity contribution in [2.75, 3.05) is 60.7 Å². The molecule has 33 heavy (non-hydrogen) atoms. The Bertz CT molecular complexity index is 1220. The molecule has 0 radical (unpaired) electrons. The van der Waals surface area contributed by atoms with Crippen LogP contribution in [-0.4, -0.2) is 60.2 Å². The highest BCUT2D eigenvalue weighted by Gasteiger charge is 2.12. The van der Waals surface area contributed by atoms with Crippen LogP contribution in [0.4, 0.5) is 23.5 Å². The third-order valence-electron chi connectivity index (χ3n) is 5.57. The Morgan fingerprint density at radius 2 is 1.15 bits per heavy atom. The molecule has 2 aromatic heterocycles. The van der Waals surface area contributed by atoms with E-state index in [0.717, 1.165) is 72.0 Å². The van der Waals surface area contributed by atoms with Crippen molar-refractivity contribution in [3.63, 3.8) is 0 Å². The van der Waals surface area contributed by atoms with E-state index in [-0.39, 0.29) is 0 Å². The summed E-state index contributed by atoms with van der Waals surface area (Å²) in [6, 6.07) is 16.2. The molecule has 2 heterocycles. The van der Waals surface area contributed by atoms with Crippen LogP contribution in [0.25, 0.3) is 21.8 Å². The van der Waals surface area contributed by atoms with E-state index in [4.69, 9.17) is 15.0 Å². The Balaban J connectivity index is 1.45. The van der Waals surface area contributed by atoms with E-state index in [9.17, 15) is 0 Å². The molecule has 0 unspecified atom stereocenters. The van der Waals surface area contributed by atoms with Crippen LogP contribution in [0.3, 0.4) is 0 Å². The first-order chi connectivity index (χ1) is 16.1. The lowest BCUT2D eigenvalue weighted by molar-refractivity contribution is 0.824. The second kappa shape index (κ2) is 10.3. The molecule has 4 rings (SSSR count). The van der Waals surface area contributed by atoms with E-state index in [2.05, 4.69) is 46.5 Å². The van der Waals surface area contributed by atoms with Crippen LogP contribution in [-0.2, 0) is 0 Å². The summed E-state index contributed by atoms with van der Waals surface area (Å²) in [5, 5.41) is 9.09. The monoisotopic (exact) mass is 444 g/mol. The average Bonchev–Trinajstić information content (AvgIpc) is 2.84. The van der Waals surface area contributed by atoms with E-state index in [1.54, 1.807) is 0 Å². The Morgan fingerprint density at radius 1 is 0.667 bits per heavy atom. The number of aromatic nitrogens is 4. The van der Waals surface area contributed by atoms with Crippen molar-refractivity contribution in [1.29, 1.82) is 0 Å². The fourth-order valence-electron chi connectivity index (χ4n) is 3.75. The normalized spacial score (nSPS) is 11.0. The minimum Gasteiger partial charge on any atom is -0.369 e. The lowest BCUT2D eigenvalue weighted by atomic mass is 10.2. The van der Waals surface area contributed by atoms with Gasteiger partial charge in [-0.15, -0.1) is 0 Å². The minimum absolute atomic E-state index is 0.700. The van der Waals surface area contributed by atoms with Crippen molar-refractivity contribution in [1.82, 2.24) is 19.9 Å². The number of hydrogen-bond donors (Lipinski definition) is 2. The summed E-state index contributed by atoms with van der Waals surface area (Å²) in [6.45, 7) is 7.57. The second-order valence-corrected chi connectivity index (χ2v) is 8.05. The van der Waals surface area contributed by atoms with Gasteiger partial charge in [0.25, 0.3) is 0 Å². The molecule has 172 valence electrons. The highest BCUT2D eigenvalue weighted by atomic mass is 15.3. The smallest absolute Gasteiger partial charge is 0.227 e. The highest BCUT2D eigenvalue weighted by molar-refractivity contribution is 5.91. The molecule has 0 fully saturated rings. The maximum Gasteiger partial charge on any atom is 0.227 e. The summed E-state index contributed by atoms with van der Waals surface area (Å²) in [7, 11) is 3.91. The van der Waals surface area contributed by atoms with Gasteiger partial charge in [0, 0.05) is 51.0 Å². The standard InChI is InChI=1S/C25H32N8/c1-5-33(6-2)25-29-21-15-10-8-13-19(21)23(31-25)27-17-11-16-26-22-18-12-7-9-14-20(18)28-24(30-22)32(3)4/h7-10,12-15H,5-6,11,16-17H2,1-4H3,(H,26,28,30)(H,27,29,31). The Kier molecular flexibility index (Phi) is 7.02. The van der Waals surface area contributed by atoms with Gasteiger partial charge < -0.3 is 20.4 Å². The molecule has 0 saturated heterocycles. The topological polar surface area (TPSA) is 82.1 Å². The van der Waals surface area contributed by atoms with Gasteiger partial charge in [0.05, 0.1) is 11.0 Å². The van der Waals surface area contributed by atoms with Gasteiger partial charge in [-0.3, -0.25) is 0 Å². The Morgan fingerprint density at radius 3 is 1.67 bits per heavy atom. The van der Waals surface area contributed by atoms with Crippen molar-refractivity contribution < 1.29 is 0 Å². The molecule has 0 aliphatic heterocycles. The van der Waals surface area contributed by atoms with Gasteiger partial charge in [-0.25, -0.2) is 9.97 Å². The second-order valence-electron chi connectivity index (χ2n) is 8.05. The zero-order chi connectivity index (χ0) is 23.2. The van der Waals surface area contributed by atoms with E-state index in [1.165, 1.54) is 0 Å². The Labute approximate surface area is 195 Å². The number of rotatable bonds is 10. The fraction of sp³-hybridized carbons (Fsp3) is 0.360. The molecule has 2 aromatic carbocycles. The maximum absolute atomic E-state index is 4.83. The molecule has 8 heteroatoms. The fourth-order valence-corrected chi connectivity index (χ4v) is 3.75. The molecule has 0 spiro atoms. The van der Waals surface area contributed by atoms with E-state index in [0.29, 0.717) is 5.95 Å².